The normalized spacial score (nSPS) is 11.1. The molecule has 0 aliphatic heterocycles. The van der Waals surface area contributed by atoms with Gasteiger partial charge in [0.1, 0.15) is 16.9 Å². The molecule has 0 aliphatic carbocycles. The third-order valence-electron chi connectivity index (χ3n) is 3.72. The zero-order valence-corrected chi connectivity index (χ0v) is 15.4. The molecular formula is C18H13BrN4OS. The molecule has 0 saturated carbocycles. The van der Waals surface area contributed by atoms with Gasteiger partial charge in [0, 0.05) is 21.1 Å². The van der Waals surface area contributed by atoms with Crippen LogP contribution in [0.3, 0.4) is 0 Å². The molecule has 5 nitrogen and oxygen atoms in total. The maximum atomic E-state index is 12.2. The van der Waals surface area contributed by atoms with E-state index in [0.717, 1.165) is 37.1 Å². The van der Waals surface area contributed by atoms with Gasteiger partial charge in [0.25, 0.3) is 0 Å². The van der Waals surface area contributed by atoms with Crippen molar-refractivity contribution >= 4 is 61.2 Å². The average Bonchev–Trinajstić information content (AvgIpc) is 3.01. The summed E-state index contributed by atoms with van der Waals surface area (Å²) >= 11 is 4.77. The Kier molecular flexibility index (Phi) is 4.42. The SMILES string of the molecule is O=C(CSc1ncnc2c1[nH]c1ccccc12)Nc1ccc(Br)cc1. The fourth-order valence-corrected chi connectivity index (χ4v) is 3.61. The number of H-pyrrole nitrogens is 1. The highest BCUT2D eigenvalue weighted by atomic mass is 79.9. The van der Waals surface area contributed by atoms with Gasteiger partial charge >= 0.3 is 0 Å². The van der Waals surface area contributed by atoms with E-state index in [1.54, 1.807) is 0 Å². The first-order valence-corrected chi connectivity index (χ1v) is 9.38. The Morgan fingerprint density at radius 2 is 1.92 bits per heavy atom. The summed E-state index contributed by atoms with van der Waals surface area (Å²) in [6.45, 7) is 0. The number of halogens is 1. The second kappa shape index (κ2) is 6.85. The second-order valence-electron chi connectivity index (χ2n) is 5.42. The number of aromatic amines is 1. The van der Waals surface area contributed by atoms with Crippen LogP contribution in [0, 0.1) is 0 Å². The molecule has 25 heavy (non-hydrogen) atoms. The van der Waals surface area contributed by atoms with Crippen molar-refractivity contribution in [3.8, 4) is 0 Å². The van der Waals surface area contributed by atoms with Crippen LogP contribution < -0.4 is 5.32 Å². The van der Waals surface area contributed by atoms with E-state index in [9.17, 15) is 4.79 Å². The third-order valence-corrected chi connectivity index (χ3v) is 5.24. The molecule has 0 radical (unpaired) electrons. The molecule has 0 aliphatic rings. The van der Waals surface area contributed by atoms with Crippen molar-refractivity contribution in [2.24, 2.45) is 0 Å². The average molecular weight is 413 g/mol. The van der Waals surface area contributed by atoms with E-state index in [-0.39, 0.29) is 11.7 Å². The zero-order chi connectivity index (χ0) is 17.2. The largest absolute Gasteiger partial charge is 0.351 e. The number of carbonyl (C=O) groups is 1. The molecule has 7 heteroatoms. The van der Waals surface area contributed by atoms with Crippen LogP contribution >= 0.6 is 27.7 Å². The van der Waals surface area contributed by atoms with Crippen LogP contribution in [0.1, 0.15) is 0 Å². The Morgan fingerprint density at radius 3 is 2.76 bits per heavy atom. The number of amides is 1. The van der Waals surface area contributed by atoms with Crippen molar-refractivity contribution in [3.05, 3.63) is 59.3 Å². The number of rotatable bonds is 4. The van der Waals surface area contributed by atoms with Crippen LogP contribution in [0.25, 0.3) is 21.9 Å². The van der Waals surface area contributed by atoms with E-state index in [1.807, 2.05) is 48.5 Å². The number of benzene rings is 2. The van der Waals surface area contributed by atoms with Gasteiger partial charge in [-0.25, -0.2) is 9.97 Å². The van der Waals surface area contributed by atoms with Crippen molar-refractivity contribution in [1.82, 2.24) is 15.0 Å². The number of nitrogens with one attached hydrogen (secondary N) is 2. The van der Waals surface area contributed by atoms with Crippen LogP contribution in [0.4, 0.5) is 5.69 Å². The number of hydrogen-bond donors (Lipinski definition) is 2. The molecule has 1 amide bonds. The lowest BCUT2D eigenvalue weighted by atomic mass is 10.2. The standard InChI is InChI=1S/C18H13BrN4OS/c19-11-5-7-12(8-6-11)22-15(24)9-25-18-17-16(20-10-21-18)13-3-1-2-4-14(13)23-17/h1-8,10,23H,9H2,(H,22,24). The number of fused-ring (bicyclic) bond motifs is 3. The summed E-state index contributed by atoms with van der Waals surface area (Å²) in [5.41, 5.74) is 3.53. The molecule has 124 valence electrons. The van der Waals surface area contributed by atoms with Gasteiger partial charge in [-0.2, -0.15) is 0 Å². The number of hydrogen-bond acceptors (Lipinski definition) is 4. The summed E-state index contributed by atoms with van der Waals surface area (Å²) in [5.74, 6) is 0.201. The second-order valence-corrected chi connectivity index (χ2v) is 7.30. The van der Waals surface area contributed by atoms with Gasteiger partial charge in [-0.3, -0.25) is 4.79 Å². The molecule has 0 saturated heterocycles. The number of carbonyl (C=O) groups excluding carboxylic acids is 1. The summed E-state index contributed by atoms with van der Waals surface area (Å²) in [6.07, 6.45) is 1.54. The minimum absolute atomic E-state index is 0.0739. The lowest BCUT2D eigenvalue weighted by molar-refractivity contribution is -0.113. The topological polar surface area (TPSA) is 70.7 Å². The molecular weight excluding hydrogens is 400 g/mol. The summed E-state index contributed by atoms with van der Waals surface area (Å²) in [6, 6.07) is 15.5. The molecule has 0 fully saturated rings. The van der Waals surface area contributed by atoms with Crippen LogP contribution in [0.5, 0.6) is 0 Å². The van der Waals surface area contributed by atoms with Gasteiger partial charge in [0.2, 0.25) is 5.91 Å². The fraction of sp³-hybridized carbons (Fsp3) is 0.0556. The molecule has 2 N–H and O–H groups in total. The Morgan fingerprint density at radius 1 is 1.12 bits per heavy atom. The van der Waals surface area contributed by atoms with E-state index in [0.29, 0.717) is 0 Å². The number of anilines is 1. The highest BCUT2D eigenvalue weighted by Gasteiger charge is 2.12. The highest BCUT2D eigenvalue weighted by Crippen LogP contribution is 2.29. The molecule has 2 aromatic carbocycles. The predicted molar refractivity (Wildman–Crippen MR) is 105 cm³/mol. The quantitative estimate of drug-likeness (QED) is 0.379. The first-order chi connectivity index (χ1) is 12.2. The third kappa shape index (κ3) is 3.38. The van der Waals surface area contributed by atoms with E-state index < -0.39 is 0 Å². The molecule has 4 aromatic rings. The van der Waals surface area contributed by atoms with Crippen LogP contribution in [0.15, 0.2) is 64.4 Å². The summed E-state index contributed by atoms with van der Waals surface area (Å²) in [5, 5.41) is 4.71. The number of thioether (sulfide) groups is 1. The minimum atomic E-state index is -0.0739. The van der Waals surface area contributed by atoms with Crippen molar-refractivity contribution in [2.75, 3.05) is 11.1 Å². The van der Waals surface area contributed by atoms with Crippen LogP contribution in [0.2, 0.25) is 0 Å². The summed E-state index contributed by atoms with van der Waals surface area (Å²) in [4.78, 5) is 24.2. The van der Waals surface area contributed by atoms with Crippen LogP contribution in [-0.2, 0) is 4.79 Å². The molecule has 2 heterocycles. The molecule has 0 bridgehead atoms. The maximum absolute atomic E-state index is 12.2. The molecule has 0 unspecified atom stereocenters. The highest BCUT2D eigenvalue weighted by molar-refractivity contribution is 9.10. The van der Waals surface area contributed by atoms with Crippen molar-refractivity contribution < 1.29 is 4.79 Å². The molecule has 0 atom stereocenters. The van der Waals surface area contributed by atoms with Gasteiger partial charge in [-0.05, 0) is 30.3 Å². The minimum Gasteiger partial charge on any atom is -0.351 e. The van der Waals surface area contributed by atoms with Gasteiger partial charge < -0.3 is 10.3 Å². The Balaban J connectivity index is 1.52. The number of para-hydroxylation sites is 1. The fourth-order valence-electron chi connectivity index (χ4n) is 2.59. The number of aromatic nitrogens is 3. The van der Waals surface area contributed by atoms with Gasteiger partial charge in [0.05, 0.1) is 11.3 Å². The van der Waals surface area contributed by atoms with Gasteiger partial charge in [-0.15, -0.1) is 0 Å². The van der Waals surface area contributed by atoms with Gasteiger partial charge in [0.15, 0.2) is 0 Å². The zero-order valence-electron chi connectivity index (χ0n) is 13.0. The smallest absolute Gasteiger partial charge is 0.234 e. The monoisotopic (exact) mass is 412 g/mol. The molecule has 4 rings (SSSR count). The van der Waals surface area contributed by atoms with E-state index in [4.69, 9.17) is 0 Å². The first-order valence-electron chi connectivity index (χ1n) is 7.60. The van der Waals surface area contributed by atoms with Gasteiger partial charge in [-0.1, -0.05) is 45.9 Å². The summed E-state index contributed by atoms with van der Waals surface area (Å²) < 4.78 is 0.974. The Hall–Kier alpha value is -2.38. The summed E-state index contributed by atoms with van der Waals surface area (Å²) in [7, 11) is 0. The Bertz CT molecular complexity index is 1060. The molecule has 0 spiro atoms. The lowest BCUT2D eigenvalue weighted by Gasteiger charge is -2.05. The van der Waals surface area contributed by atoms with E-state index in [1.165, 1.54) is 18.1 Å². The molecule has 2 aromatic heterocycles. The Labute approximate surface area is 156 Å². The van der Waals surface area contributed by atoms with Crippen molar-refractivity contribution in [1.29, 1.82) is 0 Å². The van der Waals surface area contributed by atoms with Crippen LogP contribution in [-0.4, -0.2) is 26.6 Å². The van der Waals surface area contributed by atoms with Crippen molar-refractivity contribution in [3.63, 3.8) is 0 Å². The van der Waals surface area contributed by atoms with E-state index in [2.05, 4.69) is 36.2 Å². The van der Waals surface area contributed by atoms with Crippen molar-refractivity contribution in [2.45, 2.75) is 5.03 Å². The maximum Gasteiger partial charge on any atom is 0.234 e. The first kappa shape index (κ1) is 16.1. The van der Waals surface area contributed by atoms with E-state index >= 15 is 0 Å². The lowest BCUT2D eigenvalue weighted by Crippen LogP contribution is -2.14. The number of nitrogens with zero attached hydrogens (tertiary/aromatic N) is 2. The predicted octanol–water partition coefficient (Wildman–Crippen LogP) is 4.60.